The molecule has 3 rings (SSSR count). The second kappa shape index (κ2) is 3.35. The van der Waals surface area contributed by atoms with Gasteiger partial charge in [0.2, 0.25) is 5.91 Å². The predicted molar refractivity (Wildman–Crippen MR) is 58.6 cm³/mol. The molecule has 1 aromatic carbocycles. The van der Waals surface area contributed by atoms with Crippen molar-refractivity contribution in [3.63, 3.8) is 0 Å². The van der Waals surface area contributed by atoms with Gasteiger partial charge in [-0.05, 0) is 12.1 Å². The first-order valence-electron chi connectivity index (χ1n) is 5.43. The van der Waals surface area contributed by atoms with Crippen molar-refractivity contribution >= 4 is 11.6 Å². The van der Waals surface area contributed by atoms with Gasteiger partial charge in [0.25, 0.3) is 0 Å². The summed E-state index contributed by atoms with van der Waals surface area (Å²) in [6.07, 6.45) is 0. The Kier molecular flexibility index (Phi) is 1.99. The summed E-state index contributed by atoms with van der Waals surface area (Å²) in [5.74, 6) is 1.01. The van der Waals surface area contributed by atoms with E-state index in [-0.39, 0.29) is 11.8 Å². The summed E-state index contributed by atoms with van der Waals surface area (Å²) >= 11 is 0. The first-order chi connectivity index (χ1) is 7.36. The fraction of sp³-hybridized carbons (Fsp3) is 0.417. The standard InChI is InChI=1S/C12H14N2O/c15-12-11-7-13-6-9(11)8-14(12)10-4-2-1-3-5-10/h1-5,9,11,13H,6-8H2. The number of nitrogens with zero attached hydrogens (tertiary/aromatic N) is 1. The quantitative estimate of drug-likeness (QED) is 0.733. The molecule has 2 unspecified atom stereocenters. The van der Waals surface area contributed by atoms with Crippen molar-refractivity contribution in [1.82, 2.24) is 5.32 Å². The highest BCUT2D eigenvalue weighted by atomic mass is 16.2. The summed E-state index contributed by atoms with van der Waals surface area (Å²) in [6, 6.07) is 9.95. The lowest BCUT2D eigenvalue weighted by molar-refractivity contribution is -0.120. The summed E-state index contributed by atoms with van der Waals surface area (Å²) in [5.41, 5.74) is 1.04. The summed E-state index contributed by atoms with van der Waals surface area (Å²) in [6.45, 7) is 2.72. The average molecular weight is 202 g/mol. The third-order valence-electron chi connectivity index (χ3n) is 3.41. The van der Waals surface area contributed by atoms with E-state index in [0.717, 1.165) is 25.3 Å². The van der Waals surface area contributed by atoms with Crippen molar-refractivity contribution in [2.45, 2.75) is 0 Å². The lowest BCUT2D eigenvalue weighted by Crippen LogP contribution is -2.30. The molecule has 1 aromatic rings. The van der Waals surface area contributed by atoms with Crippen LogP contribution in [0.3, 0.4) is 0 Å². The van der Waals surface area contributed by atoms with Gasteiger partial charge in [-0.1, -0.05) is 18.2 Å². The van der Waals surface area contributed by atoms with E-state index >= 15 is 0 Å². The number of amides is 1. The maximum atomic E-state index is 12.1. The molecule has 0 spiro atoms. The Morgan fingerprint density at radius 3 is 2.73 bits per heavy atom. The van der Waals surface area contributed by atoms with Crippen molar-refractivity contribution in [1.29, 1.82) is 0 Å². The number of para-hydroxylation sites is 1. The van der Waals surface area contributed by atoms with Gasteiger partial charge in [-0.2, -0.15) is 0 Å². The molecule has 2 atom stereocenters. The molecule has 1 N–H and O–H groups in total. The summed E-state index contributed by atoms with van der Waals surface area (Å²) in [5, 5.41) is 3.28. The number of hydrogen-bond acceptors (Lipinski definition) is 2. The topological polar surface area (TPSA) is 32.3 Å². The van der Waals surface area contributed by atoms with Crippen LogP contribution < -0.4 is 10.2 Å². The van der Waals surface area contributed by atoms with Gasteiger partial charge < -0.3 is 10.2 Å². The number of nitrogens with one attached hydrogen (secondary N) is 1. The number of rotatable bonds is 1. The van der Waals surface area contributed by atoms with Crippen LogP contribution in [0, 0.1) is 11.8 Å². The van der Waals surface area contributed by atoms with Crippen LogP contribution in [0.5, 0.6) is 0 Å². The molecular weight excluding hydrogens is 188 g/mol. The summed E-state index contributed by atoms with van der Waals surface area (Å²) in [4.78, 5) is 14.0. The molecule has 78 valence electrons. The molecule has 0 bridgehead atoms. The van der Waals surface area contributed by atoms with Crippen LogP contribution in [0.4, 0.5) is 5.69 Å². The van der Waals surface area contributed by atoms with Gasteiger partial charge in [0.1, 0.15) is 0 Å². The number of carbonyl (C=O) groups excluding carboxylic acids is 1. The monoisotopic (exact) mass is 202 g/mol. The third-order valence-corrected chi connectivity index (χ3v) is 3.41. The molecule has 0 radical (unpaired) electrons. The Morgan fingerprint density at radius 2 is 2.00 bits per heavy atom. The third kappa shape index (κ3) is 1.35. The van der Waals surface area contributed by atoms with Crippen LogP contribution >= 0.6 is 0 Å². The van der Waals surface area contributed by atoms with Gasteiger partial charge >= 0.3 is 0 Å². The van der Waals surface area contributed by atoms with Crippen LogP contribution in [0.1, 0.15) is 0 Å². The normalized spacial score (nSPS) is 29.6. The Labute approximate surface area is 89.1 Å². The molecule has 2 heterocycles. The molecule has 1 amide bonds. The number of anilines is 1. The number of fused-ring (bicyclic) bond motifs is 1. The SMILES string of the molecule is O=C1C2CNCC2CN1c1ccccc1. The Morgan fingerprint density at radius 1 is 1.20 bits per heavy atom. The molecule has 0 aromatic heterocycles. The summed E-state index contributed by atoms with van der Waals surface area (Å²) < 4.78 is 0. The zero-order valence-corrected chi connectivity index (χ0v) is 8.52. The van der Waals surface area contributed by atoms with E-state index < -0.39 is 0 Å². The van der Waals surface area contributed by atoms with E-state index in [9.17, 15) is 4.79 Å². The van der Waals surface area contributed by atoms with Crippen LogP contribution in [0.25, 0.3) is 0 Å². The van der Waals surface area contributed by atoms with Crippen LogP contribution in [-0.4, -0.2) is 25.5 Å². The summed E-state index contributed by atoms with van der Waals surface area (Å²) in [7, 11) is 0. The molecule has 3 heteroatoms. The fourth-order valence-electron chi connectivity index (χ4n) is 2.58. The lowest BCUT2D eigenvalue weighted by Gasteiger charge is -2.17. The Hall–Kier alpha value is -1.35. The fourth-order valence-corrected chi connectivity index (χ4v) is 2.58. The minimum atomic E-state index is 0.213. The molecule has 0 saturated carbocycles. The minimum absolute atomic E-state index is 0.213. The van der Waals surface area contributed by atoms with E-state index in [2.05, 4.69) is 5.32 Å². The van der Waals surface area contributed by atoms with Crippen molar-refractivity contribution in [3.8, 4) is 0 Å². The molecular formula is C12H14N2O. The van der Waals surface area contributed by atoms with Gasteiger partial charge in [0.15, 0.2) is 0 Å². The highest BCUT2D eigenvalue weighted by Crippen LogP contribution is 2.31. The van der Waals surface area contributed by atoms with Crippen LogP contribution in [0.2, 0.25) is 0 Å². The molecule has 0 aliphatic carbocycles. The van der Waals surface area contributed by atoms with Gasteiger partial charge in [-0.15, -0.1) is 0 Å². The second-order valence-electron chi connectivity index (χ2n) is 4.31. The first kappa shape index (κ1) is 8.92. The molecule has 15 heavy (non-hydrogen) atoms. The zero-order chi connectivity index (χ0) is 10.3. The lowest BCUT2D eigenvalue weighted by atomic mass is 10.0. The largest absolute Gasteiger partial charge is 0.316 e. The van der Waals surface area contributed by atoms with Crippen LogP contribution in [0.15, 0.2) is 30.3 Å². The second-order valence-corrected chi connectivity index (χ2v) is 4.31. The minimum Gasteiger partial charge on any atom is -0.316 e. The maximum absolute atomic E-state index is 12.1. The van der Waals surface area contributed by atoms with Crippen molar-refractivity contribution in [2.75, 3.05) is 24.5 Å². The molecule has 3 nitrogen and oxygen atoms in total. The number of hydrogen-bond donors (Lipinski definition) is 1. The van der Waals surface area contributed by atoms with Gasteiger partial charge in [0.05, 0.1) is 5.92 Å². The Bertz CT molecular complexity index is 376. The number of benzene rings is 1. The van der Waals surface area contributed by atoms with Crippen molar-refractivity contribution < 1.29 is 4.79 Å². The molecule has 2 fully saturated rings. The van der Waals surface area contributed by atoms with E-state index in [1.54, 1.807) is 0 Å². The van der Waals surface area contributed by atoms with Gasteiger partial charge in [0, 0.05) is 31.2 Å². The highest BCUT2D eigenvalue weighted by molar-refractivity contribution is 5.98. The Balaban J connectivity index is 1.88. The predicted octanol–water partition coefficient (Wildman–Crippen LogP) is 0.869. The van der Waals surface area contributed by atoms with E-state index in [4.69, 9.17) is 0 Å². The maximum Gasteiger partial charge on any atom is 0.231 e. The number of carbonyl (C=O) groups is 1. The van der Waals surface area contributed by atoms with Crippen LogP contribution in [-0.2, 0) is 4.79 Å². The molecule has 2 saturated heterocycles. The average Bonchev–Trinajstić information content (AvgIpc) is 2.83. The zero-order valence-electron chi connectivity index (χ0n) is 8.52. The van der Waals surface area contributed by atoms with E-state index in [1.165, 1.54) is 0 Å². The molecule has 2 aliphatic rings. The van der Waals surface area contributed by atoms with E-state index in [0.29, 0.717) is 5.92 Å². The van der Waals surface area contributed by atoms with E-state index in [1.807, 2.05) is 35.2 Å². The smallest absolute Gasteiger partial charge is 0.231 e. The van der Waals surface area contributed by atoms with Crippen molar-refractivity contribution in [2.24, 2.45) is 11.8 Å². The highest BCUT2D eigenvalue weighted by Gasteiger charge is 2.43. The van der Waals surface area contributed by atoms with Crippen molar-refractivity contribution in [3.05, 3.63) is 30.3 Å². The van der Waals surface area contributed by atoms with Gasteiger partial charge in [-0.25, -0.2) is 0 Å². The molecule has 2 aliphatic heterocycles. The van der Waals surface area contributed by atoms with Gasteiger partial charge in [-0.3, -0.25) is 4.79 Å². The first-order valence-corrected chi connectivity index (χ1v) is 5.43.